The summed E-state index contributed by atoms with van der Waals surface area (Å²) in [4.78, 5) is 0. The van der Waals surface area contributed by atoms with E-state index < -0.39 is 12.6 Å². The number of halogens is 4. The van der Waals surface area contributed by atoms with Gasteiger partial charge in [-0.05, 0) is 12.1 Å². The minimum atomic E-state index is -4.20. The van der Waals surface area contributed by atoms with Crippen molar-refractivity contribution in [3.63, 3.8) is 0 Å². The summed E-state index contributed by atoms with van der Waals surface area (Å²) in [6.45, 7) is -0.195. The number of nitrogen functional groups attached to an aromatic ring is 1. The zero-order valence-corrected chi connectivity index (χ0v) is 12.0. The Labute approximate surface area is 122 Å². The Balaban J connectivity index is 2.28. The van der Waals surface area contributed by atoms with E-state index in [1.165, 1.54) is 0 Å². The monoisotopic (exact) mass is 391 g/mol. The van der Waals surface area contributed by atoms with Crippen LogP contribution >= 0.6 is 23.0 Å². The van der Waals surface area contributed by atoms with E-state index in [1.54, 1.807) is 41.2 Å². The van der Waals surface area contributed by atoms with Crippen LogP contribution in [0.1, 0.15) is 6.42 Å². The molecular weight excluding hydrogens is 378 g/mol. The molecule has 1 aromatic carbocycles. The van der Waals surface area contributed by atoms with Gasteiger partial charge in [-0.25, -0.2) is 0 Å². The summed E-state index contributed by atoms with van der Waals surface area (Å²) >= 11 is 1.70. The topological polar surface area (TPSA) is 53.7 Å². The molecule has 0 saturated heterocycles. The normalized spacial score (nSPS) is 11.4. The maximum atomic E-state index is 11.8. The summed E-state index contributed by atoms with van der Waals surface area (Å²) in [6, 6.07) is 4.87. The summed E-state index contributed by atoms with van der Waals surface area (Å²) < 4.78 is 50.7. The quantitative estimate of drug-likeness (QED) is 0.440. The van der Waals surface area contributed by atoms with E-state index in [0.717, 1.165) is 0 Å². The number of hydrogen-bond donors (Lipinski definition) is 1. The van der Waals surface area contributed by atoms with Gasteiger partial charge < -0.3 is 18.3 Å². The van der Waals surface area contributed by atoms with Crippen molar-refractivity contribution in [1.82, 2.24) is 0 Å². The van der Waals surface area contributed by atoms with Crippen LogP contribution in [-0.2, 0) is 4.74 Å². The fourth-order valence-corrected chi connectivity index (χ4v) is 1.57. The van der Waals surface area contributed by atoms with Crippen LogP contribution in [0, 0.1) is 0 Å². The Morgan fingerprint density at radius 3 is 2.47 bits per heavy atom. The SMILES string of the molecule is Nc1ccc(OI)c(OCCOCCC(F)(F)F)c1. The Hall–Kier alpha value is -0.900. The molecule has 2 N–H and O–H groups in total. The highest BCUT2D eigenvalue weighted by molar-refractivity contribution is 14.1. The Morgan fingerprint density at radius 2 is 1.84 bits per heavy atom. The van der Waals surface area contributed by atoms with Gasteiger partial charge in [0.15, 0.2) is 34.5 Å². The maximum Gasteiger partial charge on any atom is 0.391 e. The van der Waals surface area contributed by atoms with E-state index in [0.29, 0.717) is 17.2 Å². The summed E-state index contributed by atoms with van der Waals surface area (Å²) in [5.41, 5.74) is 6.09. The third kappa shape index (κ3) is 6.71. The number of alkyl halides is 3. The zero-order chi connectivity index (χ0) is 14.3. The second kappa shape index (κ2) is 7.63. The molecule has 0 radical (unpaired) electrons. The highest BCUT2D eigenvalue weighted by atomic mass is 127. The first-order chi connectivity index (χ1) is 8.92. The van der Waals surface area contributed by atoms with E-state index in [2.05, 4.69) is 0 Å². The van der Waals surface area contributed by atoms with E-state index >= 15 is 0 Å². The average Bonchev–Trinajstić information content (AvgIpc) is 2.32. The molecule has 0 aliphatic heterocycles. The third-order valence-corrected chi connectivity index (χ3v) is 2.54. The summed E-state index contributed by atoms with van der Waals surface area (Å²) in [7, 11) is 0. The molecule has 0 fully saturated rings. The fourth-order valence-electron chi connectivity index (χ4n) is 1.20. The van der Waals surface area contributed by atoms with E-state index in [9.17, 15) is 13.2 Å². The fraction of sp³-hybridized carbons (Fsp3) is 0.455. The molecule has 0 spiro atoms. The largest absolute Gasteiger partial charge is 0.487 e. The molecule has 0 saturated carbocycles. The number of ether oxygens (including phenoxy) is 2. The second-order valence-electron chi connectivity index (χ2n) is 3.61. The van der Waals surface area contributed by atoms with E-state index in [4.69, 9.17) is 18.3 Å². The first-order valence-electron chi connectivity index (χ1n) is 5.38. The number of hydrogen-bond acceptors (Lipinski definition) is 4. The van der Waals surface area contributed by atoms with Gasteiger partial charge in [-0.3, -0.25) is 0 Å². The molecule has 1 rings (SSSR count). The molecule has 0 unspecified atom stereocenters. The van der Waals surface area contributed by atoms with Crippen molar-refractivity contribution in [2.24, 2.45) is 0 Å². The smallest absolute Gasteiger partial charge is 0.391 e. The van der Waals surface area contributed by atoms with Crippen LogP contribution in [0.25, 0.3) is 0 Å². The lowest BCUT2D eigenvalue weighted by atomic mass is 10.3. The third-order valence-electron chi connectivity index (χ3n) is 2.07. The molecule has 19 heavy (non-hydrogen) atoms. The van der Waals surface area contributed by atoms with Gasteiger partial charge in [-0.1, -0.05) is 0 Å². The summed E-state index contributed by atoms with van der Waals surface area (Å²) in [5.74, 6) is 0.916. The molecule has 0 amide bonds. The number of nitrogens with two attached hydrogens (primary N) is 1. The Kier molecular flexibility index (Phi) is 6.49. The molecule has 0 aromatic heterocycles. The predicted octanol–water partition coefficient (Wildman–Crippen LogP) is 3.35. The van der Waals surface area contributed by atoms with Gasteiger partial charge in [0, 0.05) is 11.8 Å². The van der Waals surface area contributed by atoms with Crippen molar-refractivity contribution < 1.29 is 25.7 Å². The number of rotatable bonds is 7. The zero-order valence-electron chi connectivity index (χ0n) is 9.87. The van der Waals surface area contributed by atoms with Crippen molar-refractivity contribution >= 4 is 28.7 Å². The van der Waals surface area contributed by atoms with Crippen LogP contribution in [0.15, 0.2) is 18.2 Å². The highest BCUT2D eigenvalue weighted by Gasteiger charge is 2.26. The lowest BCUT2D eigenvalue weighted by Crippen LogP contribution is -2.14. The standard InChI is InChI=1S/C11H13F3INO3/c12-11(13,14)3-4-17-5-6-18-10-7-8(16)1-2-9(10)19-15/h1-2,7H,3-6,16H2. The van der Waals surface area contributed by atoms with Crippen molar-refractivity contribution in [2.45, 2.75) is 12.6 Å². The van der Waals surface area contributed by atoms with E-state index in [-0.39, 0.29) is 19.8 Å². The van der Waals surface area contributed by atoms with Crippen molar-refractivity contribution in [3.8, 4) is 11.5 Å². The summed E-state index contributed by atoms with van der Waals surface area (Å²) in [5, 5.41) is 0. The minimum absolute atomic E-state index is 0.0611. The van der Waals surface area contributed by atoms with Crippen LogP contribution in [-0.4, -0.2) is 26.0 Å². The average molecular weight is 391 g/mol. The lowest BCUT2D eigenvalue weighted by Gasteiger charge is -2.11. The van der Waals surface area contributed by atoms with Crippen LogP contribution in [0.5, 0.6) is 11.5 Å². The minimum Gasteiger partial charge on any atom is -0.487 e. The lowest BCUT2D eigenvalue weighted by molar-refractivity contribution is -0.145. The maximum absolute atomic E-state index is 11.8. The van der Waals surface area contributed by atoms with Gasteiger partial charge in [0.2, 0.25) is 0 Å². The molecule has 0 atom stereocenters. The molecule has 108 valence electrons. The van der Waals surface area contributed by atoms with Gasteiger partial charge >= 0.3 is 6.18 Å². The van der Waals surface area contributed by atoms with Crippen molar-refractivity contribution in [2.75, 3.05) is 25.6 Å². The highest BCUT2D eigenvalue weighted by Crippen LogP contribution is 2.30. The molecule has 8 heteroatoms. The first-order valence-corrected chi connectivity index (χ1v) is 6.26. The molecule has 0 heterocycles. The van der Waals surface area contributed by atoms with Crippen molar-refractivity contribution in [1.29, 1.82) is 0 Å². The molecule has 0 aliphatic carbocycles. The molecular formula is C11H13F3INO3. The molecule has 1 aromatic rings. The second-order valence-corrected chi connectivity index (χ2v) is 4.05. The number of anilines is 1. The molecule has 4 nitrogen and oxygen atoms in total. The van der Waals surface area contributed by atoms with Crippen LogP contribution in [0.2, 0.25) is 0 Å². The van der Waals surface area contributed by atoms with Crippen LogP contribution in [0.4, 0.5) is 18.9 Å². The van der Waals surface area contributed by atoms with Crippen LogP contribution < -0.4 is 13.5 Å². The van der Waals surface area contributed by atoms with Crippen LogP contribution in [0.3, 0.4) is 0 Å². The van der Waals surface area contributed by atoms with Gasteiger partial charge in [0.25, 0.3) is 0 Å². The Morgan fingerprint density at radius 1 is 1.11 bits per heavy atom. The van der Waals surface area contributed by atoms with E-state index in [1.807, 2.05) is 0 Å². The predicted molar refractivity (Wildman–Crippen MR) is 72.5 cm³/mol. The summed E-state index contributed by atoms with van der Waals surface area (Å²) in [6.07, 6.45) is -5.16. The van der Waals surface area contributed by atoms with Gasteiger partial charge in [0.05, 0.1) is 19.6 Å². The molecule has 0 aliphatic rings. The number of benzene rings is 1. The first kappa shape index (κ1) is 16.2. The molecule has 0 bridgehead atoms. The van der Waals surface area contributed by atoms with Crippen molar-refractivity contribution in [3.05, 3.63) is 18.2 Å². The van der Waals surface area contributed by atoms with Gasteiger partial charge in [-0.2, -0.15) is 13.2 Å². The Bertz CT molecular complexity index is 401. The van der Waals surface area contributed by atoms with Gasteiger partial charge in [0.1, 0.15) is 6.61 Å². The van der Waals surface area contributed by atoms with Gasteiger partial charge in [-0.15, -0.1) is 0 Å².